The lowest BCUT2D eigenvalue weighted by atomic mass is 9.54. The lowest BCUT2D eigenvalue weighted by molar-refractivity contribution is -0.179. The van der Waals surface area contributed by atoms with Gasteiger partial charge in [-0.2, -0.15) is 0 Å². The number of aliphatic hydroxyl groups is 1. The Balaban J connectivity index is 1.40. The highest BCUT2D eigenvalue weighted by Gasteiger charge is 2.72. The maximum atomic E-state index is 12.6. The Kier molecular flexibility index (Phi) is 2.70. The number of nitrogens with one attached hydrogen (secondary N) is 1. The number of carbonyl (C=O) groups is 2. The highest BCUT2D eigenvalue weighted by molar-refractivity contribution is 5.82. The molecule has 22 heavy (non-hydrogen) atoms. The number of nitrogens with zero attached hydrogens (tertiary/aromatic N) is 1. The molecule has 0 radical (unpaired) electrons. The van der Waals surface area contributed by atoms with Gasteiger partial charge in [-0.05, 0) is 31.6 Å². The number of hydrogen-bond donors (Lipinski definition) is 3. The summed E-state index contributed by atoms with van der Waals surface area (Å²) in [7, 11) is 0. The van der Waals surface area contributed by atoms with Gasteiger partial charge in [0.2, 0.25) is 0 Å². The molecule has 0 unspecified atom stereocenters. The minimum Gasteiger partial charge on any atom is -0.481 e. The largest absolute Gasteiger partial charge is 0.481 e. The van der Waals surface area contributed by atoms with Gasteiger partial charge in [0.25, 0.3) is 0 Å². The van der Waals surface area contributed by atoms with Crippen molar-refractivity contribution in [3.8, 4) is 0 Å². The van der Waals surface area contributed by atoms with Crippen molar-refractivity contribution < 1.29 is 19.8 Å². The van der Waals surface area contributed by atoms with Crippen molar-refractivity contribution in [2.24, 2.45) is 22.7 Å². The minimum absolute atomic E-state index is 0.0112. The molecule has 6 atom stereocenters. The van der Waals surface area contributed by atoms with E-state index < -0.39 is 11.4 Å². The SMILES string of the molecule is CC1(C)[C@@H](O)[C@H]2CCCN(C(=O)N[C@@H]3C[C@]4(C(=O)O)C[C@H]34)[C@H]21. The summed E-state index contributed by atoms with van der Waals surface area (Å²) in [6, 6.07) is 0.0300. The number of amides is 2. The second-order valence-corrected chi connectivity index (χ2v) is 8.24. The van der Waals surface area contributed by atoms with Gasteiger partial charge >= 0.3 is 12.0 Å². The number of aliphatic carboxylic acids is 1. The molecule has 4 fully saturated rings. The highest BCUT2D eigenvalue weighted by Crippen LogP contribution is 2.67. The van der Waals surface area contributed by atoms with Gasteiger partial charge in [-0.15, -0.1) is 0 Å². The van der Waals surface area contributed by atoms with E-state index in [0.717, 1.165) is 19.4 Å². The first-order valence-electron chi connectivity index (χ1n) is 8.27. The van der Waals surface area contributed by atoms with E-state index in [-0.39, 0.29) is 41.5 Å². The minimum atomic E-state index is -0.718. The first-order valence-corrected chi connectivity index (χ1v) is 8.27. The van der Waals surface area contributed by atoms with E-state index in [2.05, 4.69) is 5.32 Å². The molecule has 0 spiro atoms. The van der Waals surface area contributed by atoms with Crippen LogP contribution >= 0.6 is 0 Å². The standard InChI is InChI=1S/C16H24N2O4/c1-15(2)11-8(12(15)19)4-3-5-18(11)14(22)17-10-7-16(13(20)21)6-9(10)16/h8-12,19H,3-7H2,1-2H3,(H,17,22)(H,20,21)/t8-,9+,10+,11+,12-,16+/m0/s1. The van der Waals surface area contributed by atoms with E-state index in [0.29, 0.717) is 12.8 Å². The monoisotopic (exact) mass is 308 g/mol. The average molecular weight is 308 g/mol. The van der Waals surface area contributed by atoms with Crippen molar-refractivity contribution in [1.82, 2.24) is 10.2 Å². The van der Waals surface area contributed by atoms with Gasteiger partial charge in [-0.3, -0.25) is 4.79 Å². The number of urea groups is 1. The first-order chi connectivity index (χ1) is 10.3. The second-order valence-electron chi connectivity index (χ2n) is 8.24. The van der Waals surface area contributed by atoms with E-state index in [1.807, 2.05) is 18.7 Å². The van der Waals surface area contributed by atoms with Gasteiger partial charge in [-0.1, -0.05) is 13.8 Å². The number of likely N-dealkylation sites (tertiary alicyclic amines) is 1. The number of carboxylic acid groups (broad SMARTS) is 1. The molecule has 0 aromatic carbocycles. The maximum Gasteiger partial charge on any atom is 0.317 e. The zero-order valence-electron chi connectivity index (χ0n) is 13.1. The summed E-state index contributed by atoms with van der Waals surface area (Å²) in [6.07, 6.45) is 2.83. The molecule has 6 heteroatoms. The van der Waals surface area contributed by atoms with E-state index in [4.69, 9.17) is 5.11 Å². The Bertz CT molecular complexity index is 548. The molecule has 4 aliphatic rings. The van der Waals surface area contributed by atoms with Crippen LogP contribution in [-0.4, -0.2) is 51.8 Å². The molecular weight excluding hydrogens is 284 g/mol. The number of carbonyl (C=O) groups excluding carboxylic acids is 1. The topological polar surface area (TPSA) is 89.9 Å². The smallest absolute Gasteiger partial charge is 0.317 e. The predicted molar refractivity (Wildman–Crippen MR) is 78.1 cm³/mol. The van der Waals surface area contributed by atoms with Crippen molar-refractivity contribution in [3.05, 3.63) is 0 Å². The summed E-state index contributed by atoms with van der Waals surface area (Å²) < 4.78 is 0. The molecule has 2 amide bonds. The Morgan fingerprint density at radius 1 is 1.27 bits per heavy atom. The lowest BCUT2D eigenvalue weighted by Crippen LogP contribution is -2.72. The zero-order chi connectivity index (χ0) is 15.9. The van der Waals surface area contributed by atoms with Gasteiger partial charge in [0.15, 0.2) is 0 Å². The normalized spacial score (nSPS) is 47.4. The number of carboxylic acids is 1. The van der Waals surface area contributed by atoms with E-state index >= 15 is 0 Å². The van der Waals surface area contributed by atoms with Crippen LogP contribution < -0.4 is 5.32 Å². The summed E-state index contributed by atoms with van der Waals surface area (Å²) in [5.74, 6) is -0.409. The van der Waals surface area contributed by atoms with Crippen molar-refractivity contribution in [1.29, 1.82) is 0 Å². The fourth-order valence-electron chi connectivity index (χ4n) is 5.34. The van der Waals surface area contributed by atoms with E-state index in [9.17, 15) is 14.7 Å². The van der Waals surface area contributed by atoms with Crippen LogP contribution in [0.15, 0.2) is 0 Å². The summed E-state index contributed by atoms with van der Waals surface area (Å²) in [5, 5.41) is 22.4. The van der Waals surface area contributed by atoms with Crippen LogP contribution in [-0.2, 0) is 4.79 Å². The van der Waals surface area contributed by atoms with Crippen molar-refractivity contribution in [2.75, 3.05) is 6.54 Å². The van der Waals surface area contributed by atoms with Gasteiger partial charge in [-0.25, -0.2) is 4.79 Å². The Morgan fingerprint density at radius 3 is 2.59 bits per heavy atom. The number of hydrogen-bond acceptors (Lipinski definition) is 3. The van der Waals surface area contributed by atoms with Crippen LogP contribution in [0.25, 0.3) is 0 Å². The summed E-state index contributed by atoms with van der Waals surface area (Å²) in [5.41, 5.74) is -0.791. The summed E-state index contributed by atoms with van der Waals surface area (Å²) in [6.45, 7) is 4.76. The molecule has 1 aliphatic heterocycles. The fraction of sp³-hybridized carbons (Fsp3) is 0.875. The molecule has 122 valence electrons. The fourth-order valence-corrected chi connectivity index (χ4v) is 5.34. The number of aliphatic hydroxyl groups excluding tert-OH is 1. The van der Waals surface area contributed by atoms with Crippen LogP contribution in [0.3, 0.4) is 0 Å². The number of piperidine rings is 1. The summed E-state index contributed by atoms with van der Waals surface area (Å²) in [4.78, 5) is 25.6. The summed E-state index contributed by atoms with van der Waals surface area (Å²) >= 11 is 0. The molecule has 3 aliphatic carbocycles. The van der Waals surface area contributed by atoms with Gasteiger partial charge < -0.3 is 20.4 Å². The Morgan fingerprint density at radius 2 is 2.00 bits per heavy atom. The molecule has 3 saturated carbocycles. The third-order valence-corrected chi connectivity index (χ3v) is 6.81. The van der Waals surface area contributed by atoms with Gasteiger partial charge in [0.05, 0.1) is 11.5 Å². The van der Waals surface area contributed by atoms with Crippen LogP contribution in [0.2, 0.25) is 0 Å². The number of rotatable bonds is 2. The van der Waals surface area contributed by atoms with Crippen LogP contribution in [0.5, 0.6) is 0 Å². The Labute approximate surface area is 129 Å². The zero-order valence-corrected chi connectivity index (χ0v) is 13.1. The molecule has 0 aromatic heterocycles. The van der Waals surface area contributed by atoms with Crippen molar-refractivity contribution >= 4 is 12.0 Å². The lowest BCUT2D eigenvalue weighted by Gasteiger charge is -2.62. The van der Waals surface area contributed by atoms with Gasteiger partial charge in [0, 0.05) is 30.0 Å². The Hall–Kier alpha value is -1.30. The van der Waals surface area contributed by atoms with Crippen LogP contribution in [0, 0.1) is 22.7 Å². The molecule has 0 bridgehead atoms. The van der Waals surface area contributed by atoms with Crippen LogP contribution in [0.4, 0.5) is 4.79 Å². The molecule has 6 nitrogen and oxygen atoms in total. The first kappa shape index (κ1) is 14.3. The second kappa shape index (κ2) is 4.16. The molecule has 0 aromatic rings. The van der Waals surface area contributed by atoms with Gasteiger partial charge in [0.1, 0.15) is 0 Å². The van der Waals surface area contributed by atoms with Crippen molar-refractivity contribution in [2.45, 2.75) is 57.7 Å². The number of fused-ring (bicyclic) bond motifs is 2. The average Bonchev–Trinajstić information content (AvgIpc) is 3.10. The van der Waals surface area contributed by atoms with E-state index in [1.54, 1.807) is 0 Å². The molecule has 1 saturated heterocycles. The molecule has 1 heterocycles. The van der Waals surface area contributed by atoms with Crippen molar-refractivity contribution in [3.63, 3.8) is 0 Å². The third kappa shape index (κ3) is 1.59. The maximum absolute atomic E-state index is 12.6. The molecule has 3 N–H and O–H groups in total. The third-order valence-electron chi connectivity index (χ3n) is 6.81. The quantitative estimate of drug-likeness (QED) is 0.711. The van der Waals surface area contributed by atoms with Crippen LogP contribution in [0.1, 0.15) is 39.5 Å². The highest BCUT2D eigenvalue weighted by atomic mass is 16.4. The molecule has 4 rings (SSSR count). The molecular formula is C16H24N2O4. The van der Waals surface area contributed by atoms with E-state index in [1.165, 1.54) is 0 Å². The predicted octanol–water partition coefficient (Wildman–Crippen LogP) is 1.04.